The first-order valence-electron chi connectivity index (χ1n) is 5.59. The van der Waals surface area contributed by atoms with Gasteiger partial charge in [0.05, 0.1) is 13.2 Å². The minimum absolute atomic E-state index is 0.0376. The van der Waals surface area contributed by atoms with Crippen molar-refractivity contribution < 1.29 is 19.1 Å². The van der Waals surface area contributed by atoms with Gasteiger partial charge >= 0.3 is 5.97 Å². The summed E-state index contributed by atoms with van der Waals surface area (Å²) in [6, 6.07) is 5.60. The number of carbonyl (C=O) groups is 1. The van der Waals surface area contributed by atoms with Crippen molar-refractivity contribution in [2.24, 2.45) is 0 Å². The number of rotatable bonds is 6. The topological polar surface area (TPSA) is 59.7 Å². The second-order valence-electron chi connectivity index (χ2n) is 3.88. The lowest BCUT2D eigenvalue weighted by Crippen LogP contribution is -1.98. The number of carboxylic acids is 1. The average molecular weight is 266 g/mol. The van der Waals surface area contributed by atoms with Gasteiger partial charge in [-0.05, 0) is 24.4 Å². The van der Waals surface area contributed by atoms with E-state index in [1.807, 2.05) is 11.4 Å². The van der Waals surface area contributed by atoms with Gasteiger partial charge in [0.15, 0.2) is 0 Å². The largest absolute Gasteiger partial charge is 0.475 e. The zero-order valence-corrected chi connectivity index (χ0v) is 10.8. The average Bonchev–Trinajstić information content (AvgIpc) is 2.94. The number of thiophene rings is 1. The first-order chi connectivity index (χ1) is 8.66. The molecule has 0 aliphatic heterocycles. The van der Waals surface area contributed by atoms with Gasteiger partial charge in [-0.1, -0.05) is 6.07 Å². The molecule has 18 heavy (non-hydrogen) atoms. The Kier molecular flexibility index (Phi) is 4.17. The van der Waals surface area contributed by atoms with Crippen LogP contribution >= 0.6 is 11.3 Å². The maximum atomic E-state index is 10.7. The third kappa shape index (κ3) is 3.21. The van der Waals surface area contributed by atoms with Crippen molar-refractivity contribution >= 4 is 17.3 Å². The molecule has 0 bridgehead atoms. The van der Waals surface area contributed by atoms with Crippen LogP contribution in [0.25, 0.3) is 0 Å². The molecule has 0 spiro atoms. The third-order valence-corrected chi connectivity index (χ3v) is 3.50. The summed E-state index contributed by atoms with van der Waals surface area (Å²) in [5, 5.41) is 10.8. The van der Waals surface area contributed by atoms with E-state index in [0.29, 0.717) is 19.0 Å². The fourth-order valence-electron chi connectivity index (χ4n) is 1.58. The van der Waals surface area contributed by atoms with Gasteiger partial charge in [-0.15, -0.1) is 11.3 Å². The number of carboxylic acid groups (broad SMARTS) is 1. The second-order valence-corrected chi connectivity index (χ2v) is 4.91. The summed E-state index contributed by atoms with van der Waals surface area (Å²) in [5.41, 5.74) is 0.790. The van der Waals surface area contributed by atoms with E-state index in [-0.39, 0.29) is 5.76 Å². The summed E-state index contributed by atoms with van der Waals surface area (Å²) in [7, 11) is 0. The number of hydrogen-bond donors (Lipinski definition) is 1. The van der Waals surface area contributed by atoms with E-state index < -0.39 is 5.97 Å². The van der Waals surface area contributed by atoms with Crippen LogP contribution in [-0.2, 0) is 17.8 Å². The highest BCUT2D eigenvalue weighted by Gasteiger charge is 2.12. The maximum absolute atomic E-state index is 10.7. The number of aryl methyl sites for hydroxylation is 1. The van der Waals surface area contributed by atoms with Crippen LogP contribution in [0.3, 0.4) is 0 Å². The van der Waals surface area contributed by atoms with Crippen molar-refractivity contribution in [1.29, 1.82) is 0 Å². The van der Waals surface area contributed by atoms with Gasteiger partial charge in [-0.3, -0.25) is 0 Å². The summed E-state index contributed by atoms with van der Waals surface area (Å²) >= 11 is 1.70. The van der Waals surface area contributed by atoms with Crippen LogP contribution in [0.1, 0.15) is 26.8 Å². The third-order valence-electron chi connectivity index (χ3n) is 2.56. The summed E-state index contributed by atoms with van der Waals surface area (Å²) in [5.74, 6) is -0.490. The predicted octanol–water partition coefficient (Wildman–Crippen LogP) is 3.11. The number of furan rings is 1. The van der Waals surface area contributed by atoms with Gasteiger partial charge in [0.1, 0.15) is 5.76 Å². The molecule has 0 amide bonds. The molecule has 0 aliphatic rings. The molecule has 0 fully saturated rings. The van der Waals surface area contributed by atoms with E-state index in [1.54, 1.807) is 18.3 Å². The summed E-state index contributed by atoms with van der Waals surface area (Å²) in [6.07, 6.45) is 0.875. The normalized spacial score (nSPS) is 10.7. The van der Waals surface area contributed by atoms with E-state index in [9.17, 15) is 4.79 Å². The SMILES string of the molecule is Cc1oc(C(=O)O)cc1COCCc1cccs1. The Morgan fingerprint density at radius 2 is 2.39 bits per heavy atom. The molecular formula is C13H14O4S. The zero-order chi connectivity index (χ0) is 13.0. The fourth-order valence-corrected chi connectivity index (χ4v) is 2.27. The second kappa shape index (κ2) is 5.84. The van der Waals surface area contributed by atoms with E-state index >= 15 is 0 Å². The molecule has 4 nitrogen and oxygen atoms in total. The Morgan fingerprint density at radius 1 is 1.56 bits per heavy atom. The Balaban J connectivity index is 1.81. The van der Waals surface area contributed by atoms with Gasteiger partial charge in [-0.2, -0.15) is 0 Å². The Bertz CT molecular complexity index is 513. The van der Waals surface area contributed by atoms with Crippen LogP contribution in [0.2, 0.25) is 0 Å². The Hall–Kier alpha value is -1.59. The van der Waals surface area contributed by atoms with E-state index in [4.69, 9.17) is 14.3 Å². The number of ether oxygens (including phenoxy) is 1. The van der Waals surface area contributed by atoms with Gasteiger partial charge in [-0.25, -0.2) is 4.79 Å². The van der Waals surface area contributed by atoms with Crippen LogP contribution in [0.4, 0.5) is 0 Å². The van der Waals surface area contributed by atoms with E-state index in [0.717, 1.165) is 12.0 Å². The maximum Gasteiger partial charge on any atom is 0.371 e. The molecule has 2 aromatic rings. The summed E-state index contributed by atoms with van der Waals surface area (Å²) < 4.78 is 10.6. The van der Waals surface area contributed by atoms with Crippen LogP contribution in [-0.4, -0.2) is 17.7 Å². The molecule has 2 aromatic heterocycles. The van der Waals surface area contributed by atoms with E-state index in [1.165, 1.54) is 10.9 Å². The molecule has 0 saturated heterocycles. The fraction of sp³-hybridized carbons (Fsp3) is 0.308. The molecular weight excluding hydrogens is 252 g/mol. The molecule has 2 heterocycles. The number of aromatic carboxylic acids is 1. The lowest BCUT2D eigenvalue weighted by molar-refractivity contribution is 0.0661. The van der Waals surface area contributed by atoms with Gasteiger partial charge in [0.2, 0.25) is 5.76 Å². The molecule has 2 rings (SSSR count). The molecule has 0 saturated carbocycles. The van der Waals surface area contributed by atoms with Crippen LogP contribution < -0.4 is 0 Å². The van der Waals surface area contributed by atoms with Gasteiger partial charge < -0.3 is 14.3 Å². The van der Waals surface area contributed by atoms with Crippen molar-refractivity contribution in [3.63, 3.8) is 0 Å². The molecule has 0 aromatic carbocycles. The van der Waals surface area contributed by atoms with Crippen LogP contribution in [0, 0.1) is 6.92 Å². The van der Waals surface area contributed by atoms with Gasteiger partial charge in [0.25, 0.3) is 0 Å². The van der Waals surface area contributed by atoms with Crippen molar-refractivity contribution in [3.05, 3.63) is 45.5 Å². The molecule has 96 valence electrons. The van der Waals surface area contributed by atoms with Crippen molar-refractivity contribution in [3.8, 4) is 0 Å². The molecule has 0 atom stereocenters. The molecule has 0 aliphatic carbocycles. The predicted molar refractivity (Wildman–Crippen MR) is 68.1 cm³/mol. The lowest BCUT2D eigenvalue weighted by atomic mass is 10.2. The lowest BCUT2D eigenvalue weighted by Gasteiger charge is -2.01. The minimum Gasteiger partial charge on any atom is -0.475 e. The Morgan fingerprint density at radius 3 is 3.00 bits per heavy atom. The van der Waals surface area contributed by atoms with Gasteiger partial charge in [0, 0.05) is 16.9 Å². The highest BCUT2D eigenvalue weighted by Crippen LogP contribution is 2.16. The van der Waals surface area contributed by atoms with Crippen LogP contribution in [0.15, 0.2) is 28.0 Å². The summed E-state index contributed by atoms with van der Waals surface area (Å²) in [6.45, 7) is 2.74. The van der Waals surface area contributed by atoms with Crippen molar-refractivity contribution in [1.82, 2.24) is 0 Å². The zero-order valence-electron chi connectivity index (χ0n) is 10.0. The Labute approximate surface area is 109 Å². The highest BCUT2D eigenvalue weighted by atomic mass is 32.1. The monoisotopic (exact) mass is 266 g/mol. The first kappa shape index (κ1) is 12.9. The molecule has 5 heteroatoms. The number of hydrogen-bond acceptors (Lipinski definition) is 4. The van der Waals surface area contributed by atoms with Crippen molar-refractivity contribution in [2.75, 3.05) is 6.61 Å². The highest BCUT2D eigenvalue weighted by molar-refractivity contribution is 7.09. The van der Waals surface area contributed by atoms with E-state index in [2.05, 4.69) is 6.07 Å². The van der Waals surface area contributed by atoms with Crippen LogP contribution in [0.5, 0.6) is 0 Å². The van der Waals surface area contributed by atoms with Crippen molar-refractivity contribution in [2.45, 2.75) is 20.0 Å². The first-order valence-corrected chi connectivity index (χ1v) is 6.47. The smallest absolute Gasteiger partial charge is 0.371 e. The minimum atomic E-state index is -1.05. The molecule has 1 N–H and O–H groups in total. The standard InChI is InChI=1S/C13H14O4S/c1-9-10(7-12(17-9)13(14)15)8-16-5-4-11-3-2-6-18-11/h2-3,6-7H,4-5,8H2,1H3,(H,14,15). The summed E-state index contributed by atoms with van der Waals surface area (Å²) in [4.78, 5) is 12.0. The molecule has 0 unspecified atom stereocenters. The quantitative estimate of drug-likeness (QED) is 0.816. The molecule has 0 radical (unpaired) electrons.